The molecule has 0 spiro atoms. The van der Waals surface area contributed by atoms with Crippen LogP contribution in [0.5, 0.6) is 0 Å². The summed E-state index contributed by atoms with van der Waals surface area (Å²) in [7, 11) is 2.12. The maximum atomic E-state index is 13.4. The Morgan fingerprint density at radius 2 is 1.71 bits per heavy atom. The number of hydrogen-bond donors (Lipinski definition) is 1. The predicted octanol–water partition coefficient (Wildman–Crippen LogP) is 4.47. The molecule has 2 aliphatic heterocycles. The highest BCUT2D eigenvalue weighted by molar-refractivity contribution is 5.85. The maximum absolute atomic E-state index is 13.4. The number of likely N-dealkylation sites (tertiary alicyclic amines) is 1. The second-order valence-corrected chi connectivity index (χ2v) is 10.9. The molecule has 2 saturated heterocycles. The fourth-order valence-corrected chi connectivity index (χ4v) is 6.66. The molecule has 4 aliphatic rings. The van der Waals surface area contributed by atoms with Gasteiger partial charge in [0.15, 0.2) is 0 Å². The molecule has 0 aromatic carbocycles. The van der Waals surface area contributed by atoms with Crippen molar-refractivity contribution in [2.45, 2.75) is 95.4 Å². The molecular weight excluding hydrogens is 438 g/mol. The van der Waals surface area contributed by atoms with Crippen LogP contribution in [0.4, 0.5) is 17.7 Å². The van der Waals surface area contributed by atoms with Gasteiger partial charge < -0.3 is 19.7 Å². The molecule has 2 aromatic heterocycles. The average Bonchev–Trinajstić information content (AvgIpc) is 3.65. The van der Waals surface area contributed by atoms with Gasteiger partial charge in [-0.05, 0) is 64.2 Å². The molecular formula is C27H39N7O. The van der Waals surface area contributed by atoms with Gasteiger partial charge in [-0.1, -0.05) is 19.3 Å². The Labute approximate surface area is 208 Å². The number of amides is 1. The molecule has 1 amide bonds. The third kappa shape index (κ3) is 4.40. The molecule has 35 heavy (non-hydrogen) atoms. The minimum atomic E-state index is -0.133. The Morgan fingerprint density at radius 1 is 0.914 bits per heavy atom. The van der Waals surface area contributed by atoms with Crippen molar-refractivity contribution in [3.8, 4) is 0 Å². The van der Waals surface area contributed by atoms with Gasteiger partial charge >= 0.3 is 0 Å². The van der Waals surface area contributed by atoms with E-state index in [0.29, 0.717) is 11.9 Å². The number of aromatic nitrogens is 4. The smallest absolute Gasteiger partial charge is 0.245 e. The number of aryl methyl sites for hydroxylation is 1. The Morgan fingerprint density at radius 3 is 2.54 bits per heavy atom. The van der Waals surface area contributed by atoms with Crippen LogP contribution in [0.2, 0.25) is 0 Å². The summed E-state index contributed by atoms with van der Waals surface area (Å²) in [5.74, 6) is 3.31. The van der Waals surface area contributed by atoms with Gasteiger partial charge in [0.1, 0.15) is 11.9 Å². The first-order valence-corrected chi connectivity index (χ1v) is 13.9. The normalized spacial score (nSPS) is 23.1. The molecule has 4 heterocycles. The van der Waals surface area contributed by atoms with Crippen molar-refractivity contribution >= 4 is 23.6 Å². The molecule has 0 bridgehead atoms. The van der Waals surface area contributed by atoms with E-state index >= 15 is 0 Å². The molecule has 1 saturated carbocycles. The van der Waals surface area contributed by atoms with Gasteiger partial charge in [0.05, 0.1) is 11.9 Å². The van der Waals surface area contributed by atoms with Crippen molar-refractivity contribution in [1.29, 1.82) is 0 Å². The molecule has 1 unspecified atom stereocenters. The zero-order chi connectivity index (χ0) is 23.8. The number of rotatable bonds is 5. The molecule has 6 rings (SSSR count). The van der Waals surface area contributed by atoms with Gasteiger partial charge in [0.25, 0.3) is 0 Å². The summed E-state index contributed by atoms with van der Waals surface area (Å²) >= 11 is 0. The van der Waals surface area contributed by atoms with E-state index in [0.717, 1.165) is 82.0 Å². The summed E-state index contributed by atoms with van der Waals surface area (Å²) in [4.78, 5) is 32.4. The van der Waals surface area contributed by atoms with E-state index < -0.39 is 0 Å². The van der Waals surface area contributed by atoms with Gasteiger partial charge in [-0.25, -0.2) is 9.97 Å². The zero-order valence-electron chi connectivity index (χ0n) is 21.1. The van der Waals surface area contributed by atoms with Crippen molar-refractivity contribution in [3.05, 3.63) is 23.1 Å². The van der Waals surface area contributed by atoms with Crippen molar-refractivity contribution in [3.63, 3.8) is 0 Å². The largest absolute Gasteiger partial charge is 0.341 e. The third-order valence-corrected chi connectivity index (χ3v) is 8.66. The van der Waals surface area contributed by atoms with Crippen LogP contribution in [0.3, 0.4) is 0 Å². The summed E-state index contributed by atoms with van der Waals surface area (Å²) < 4.78 is 2.22. The number of nitrogens with zero attached hydrogens (tertiary/aromatic N) is 6. The summed E-state index contributed by atoms with van der Waals surface area (Å²) in [5, 5.41) is 3.58. The Hall–Kier alpha value is -2.64. The van der Waals surface area contributed by atoms with Crippen LogP contribution in [-0.4, -0.2) is 56.0 Å². The molecule has 3 fully saturated rings. The van der Waals surface area contributed by atoms with Gasteiger partial charge in [0, 0.05) is 43.9 Å². The van der Waals surface area contributed by atoms with Gasteiger partial charge in [0.2, 0.25) is 17.8 Å². The standard InChI is InChI=1S/C27H39N7O/c1-32-23(19-10-4-2-5-11-19)18-28-26(32)30-24-20-12-8-13-21(20)29-27(31-24)34-17-9-14-22(34)25(35)33-15-6-3-7-16-33/h18-19,22H,2-17H2,1H3,(H,28,29,30,31). The van der Waals surface area contributed by atoms with Crippen LogP contribution in [-0.2, 0) is 24.7 Å². The van der Waals surface area contributed by atoms with E-state index in [-0.39, 0.29) is 11.9 Å². The van der Waals surface area contributed by atoms with Crippen LogP contribution >= 0.6 is 0 Å². The lowest BCUT2D eigenvalue weighted by molar-refractivity contribution is -0.133. The number of imidazole rings is 1. The van der Waals surface area contributed by atoms with E-state index in [1.807, 2.05) is 0 Å². The SMILES string of the molecule is Cn1c(C2CCCCC2)cnc1Nc1nc(N2CCCC2C(=O)N2CCCCC2)nc2c1CCC2. The average molecular weight is 478 g/mol. The number of piperidine rings is 1. The first-order valence-electron chi connectivity index (χ1n) is 13.9. The summed E-state index contributed by atoms with van der Waals surface area (Å²) in [5.41, 5.74) is 3.68. The van der Waals surface area contributed by atoms with E-state index in [2.05, 4.69) is 32.9 Å². The Balaban J connectivity index is 1.27. The van der Waals surface area contributed by atoms with Crippen LogP contribution in [0, 0.1) is 0 Å². The number of carbonyl (C=O) groups is 1. The fraction of sp³-hybridized carbons (Fsp3) is 0.704. The van der Waals surface area contributed by atoms with Gasteiger partial charge in [-0.3, -0.25) is 4.79 Å². The lowest BCUT2D eigenvalue weighted by Gasteiger charge is -2.32. The second kappa shape index (κ2) is 9.78. The predicted molar refractivity (Wildman–Crippen MR) is 137 cm³/mol. The Kier molecular flexibility index (Phi) is 6.37. The van der Waals surface area contributed by atoms with Gasteiger partial charge in [-0.2, -0.15) is 4.98 Å². The van der Waals surface area contributed by atoms with E-state index in [1.54, 1.807) is 0 Å². The quantitative estimate of drug-likeness (QED) is 0.684. The third-order valence-electron chi connectivity index (χ3n) is 8.66. The molecule has 2 aromatic rings. The topological polar surface area (TPSA) is 79.2 Å². The van der Waals surface area contributed by atoms with Crippen LogP contribution in [0.1, 0.15) is 93.5 Å². The van der Waals surface area contributed by atoms with Crippen molar-refractivity contribution < 1.29 is 4.79 Å². The Bertz CT molecular complexity index is 1070. The van der Waals surface area contributed by atoms with Crippen LogP contribution < -0.4 is 10.2 Å². The first kappa shape index (κ1) is 22.8. The van der Waals surface area contributed by atoms with Crippen molar-refractivity contribution in [1.82, 2.24) is 24.4 Å². The number of anilines is 3. The lowest BCUT2D eigenvalue weighted by atomic mass is 9.87. The van der Waals surface area contributed by atoms with Crippen molar-refractivity contribution in [2.75, 3.05) is 29.9 Å². The van der Waals surface area contributed by atoms with Crippen molar-refractivity contribution in [2.24, 2.45) is 7.05 Å². The number of nitrogens with one attached hydrogen (secondary N) is 1. The fourth-order valence-electron chi connectivity index (χ4n) is 6.66. The molecule has 2 aliphatic carbocycles. The summed E-state index contributed by atoms with van der Waals surface area (Å²) in [6, 6.07) is -0.133. The zero-order valence-corrected chi connectivity index (χ0v) is 21.1. The number of hydrogen-bond acceptors (Lipinski definition) is 6. The molecule has 8 nitrogen and oxygen atoms in total. The van der Waals surface area contributed by atoms with Crippen LogP contribution in [0.25, 0.3) is 0 Å². The molecule has 1 atom stereocenters. The monoisotopic (exact) mass is 477 g/mol. The minimum absolute atomic E-state index is 0.133. The molecule has 8 heteroatoms. The number of fused-ring (bicyclic) bond motifs is 1. The molecule has 1 N–H and O–H groups in total. The highest BCUT2D eigenvalue weighted by Gasteiger charge is 2.36. The highest BCUT2D eigenvalue weighted by Crippen LogP contribution is 2.36. The van der Waals surface area contributed by atoms with E-state index in [4.69, 9.17) is 15.0 Å². The maximum Gasteiger partial charge on any atom is 0.245 e. The van der Waals surface area contributed by atoms with Gasteiger partial charge in [-0.15, -0.1) is 0 Å². The summed E-state index contributed by atoms with van der Waals surface area (Å²) in [6.07, 6.45) is 17.0. The molecule has 188 valence electrons. The summed E-state index contributed by atoms with van der Waals surface area (Å²) in [6.45, 7) is 2.63. The first-order chi connectivity index (χ1) is 17.2. The van der Waals surface area contributed by atoms with E-state index in [9.17, 15) is 4.79 Å². The minimum Gasteiger partial charge on any atom is -0.341 e. The lowest BCUT2D eigenvalue weighted by Crippen LogP contribution is -2.48. The number of carbonyl (C=O) groups excluding carboxylic acids is 1. The second-order valence-electron chi connectivity index (χ2n) is 10.9. The highest BCUT2D eigenvalue weighted by atomic mass is 16.2. The van der Waals surface area contributed by atoms with E-state index in [1.165, 1.54) is 49.8 Å². The van der Waals surface area contributed by atoms with Crippen LogP contribution in [0.15, 0.2) is 6.20 Å². The molecule has 0 radical (unpaired) electrons.